The van der Waals surface area contributed by atoms with Crippen LogP contribution in [0.15, 0.2) is 65.3 Å². The summed E-state index contributed by atoms with van der Waals surface area (Å²) >= 11 is 0. The second-order valence-corrected chi connectivity index (χ2v) is 7.88. The summed E-state index contributed by atoms with van der Waals surface area (Å²) in [4.78, 5) is 27.4. The third kappa shape index (κ3) is 3.31. The van der Waals surface area contributed by atoms with Gasteiger partial charge in [-0.2, -0.15) is 0 Å². The minimum absolute atomic E-state index is 0.0890. The van der Waals surface area contributed by atoms with E-state index in [0.29, 0.717) is 30.4 Å². The number of para-hydroxylation sites is 1. The Balaban J connectivity index is 1.39. The predicted octanol–water partition coefficient (Wildman–Crippen LogP) is 4.07. The molecule has 0 unspecified atom stereocenters. The van der Waals surface area contributed by atoms with Gasteiger partial charge in [0.25, 0.3) is 5.89 Å². The lowest BCUT2D eigenvalue weighted by atomic mass is 9.98. The van der Waals surface area contributed by atoms with Gasteiger partial charge in [0, 0.05) is 30.1 Å². The van der Waals surface area contributed by atoms with Crippen molar-refractivity contribution in [2.24, 2.45) is 0 Å². The van der Waals surface area contributed by atoms with E-state index < -0.39 is 23.6 Å². The molecule has 1 aliphatic heterocycles. The average molecular weight is 458 g/mol. The van der Waals surface area contributed by atoms with Crippen LogP contribution in [0.1, 0.15) is 33.8 Å². The van der Waals surface area contributed by atoms with Gasteiger partial charge < -0.3 is 14.3 Å². The molecule has 6 rings (SSSR count). The summed E-state index contributed by atoms with van der Waals surface area (Å²) in [5.74, 6) is -2.64. The number of fused-ring (bicyclic) bond motifs is 2. The van der Waals surface area contributed by atoms with Crippen LogP contribution in [-0.4, -0.2) is 42.5 Å². The van der Waals surface area contributed by atoms with E-state index in [4.69, 9.17) is 9.40 Å². The fourth-order valence-corrected chi connectivity index (χ4v) is 4.23. The molecule has 0 saturated carbocycles. The highest BCUT2D eigenvalue weighted by atomic mass is 19.1. The number of carbonyl (C=O) groups is 1. The van der Waals surface area contributed by atoms with Gasteiger partial charge in [-0.15, -0.1) is 10.2 Å². The summed E-state index contributed by atoms with van der Waals surface area (Å²) in [6, 6.07) is 13.9. The van der Waals surface area contributed by atoms with E-state index in [0.717, 1.165) is 22.7 Å². The van der Waals surface area contributed by atoms with Crippen LogP contribution < -0.4 is 0 Å². The van der Waals surface area contributed by atoms with Crippen molar-refractivity contribution in [1.29, 1.82) is 0 Å². The largest absolute Gasteiger partial charge is 0.412 e. The molecule has 10 heteroatoms. The Labute approximate surface area is 191 Å². The molecule has 0 radical (unpaired) electrons. The molecule has 0 bridgehead atoms. The molecule has 4 heterocycles. The summed E-state index contributed by atoms with van der Waals surface area (Å²) in [6.07, 6.45) is 2.15. The molecule has 5 aromatic rings. The molecule has 34 heavy (non-hydrogen) atoms. The van der Waals surface area contributed by atoms with Crippen molar-refractivity contribution in [3.8, 4) is 11.5 Å². The molecule has 0 spiro atoms. The zero-order chi connectivity index (χ0) is 23.2. The Morgan fingerprint density at radius 3 is 2.85 bits per heavy atom. The number of benzene rings is 2. The third-order valence-corrected chi connectivity index (χ3v) is 5.86. The van der Waals surface area contributed by atoms with Gasteiger partial charge >= 0.3 is 11.8 Å². The van der Waals surface area contributed by atoms with E-state index in [1.54, 1.807) is 11.2 Å². The fraction of sp³-hybridized carbons (Fsp3) is 0.125. The van der Waals surface area contributed by atoms with Gasteiger partial charge in [0.2, 0.25) is 0 Å². The Morgan fingerprint density at radius 1 is 1.09 bits per heavy atom. The Hall–Kier alpha value is -4.47. The monoisotopic (exact) mass is 458 g/mol. The molecular weight excluding hydrogens is 442 g/mol. The van der Waals surface area contributed by atoms with Crippen LogP contribution in [0, 0.1) is 11.6 Å². The van der Waals surface area contributed by atoms with Crippen molar-refractivity contribution in [3.05, 3.63) is 95.5 Å². The number of H-pyrrole nitrogens is 1. The van der Waals surface area contributed by atoms with Gasteiger partial charge in [-0.3, -0.25) is 9.78 Å². The number of amides is 1. The smallest absolute Gasteiger partial charge is 0.312 e. The average Bonchev–Trinajstić information content (AvgIpc) is 3.53. The number of rotatable bonds is 3. The highest BCUT2D eigenvalue weighted by Crippen LogP contribution is 2.34. The van der Waals surface area contributed by atoms with E-state index >= 15 is 0 Å². The molecule has 1 N–H and O–H groups in total. The molecule has 168 valence electrons. The number of nitrogens with one attached hydrogen (secondary N) is 1. The van der Waals surface area contributed by atoms with E-state index in [2.05, 4.69) is 20.2 Å². The normalized spacial score (nSPS) is 15.5. The number of imidazole rings is 1. The molecule has 0 aliphatic carbocycles. The number of aromatic nitrogens is 5. The number of nitrogens with zero attached hydrogens (tertiary/aromatic N) is 5. The predicted molar refractivity (Wildman–Crippen MR) is 117 cm³/mol. The molecule has 0 fully saturated rings. The number of carbonyl (C=O) groups excluding carboxylic acids is 1. The maximum atomic E-state index is 14.2. The first-order valence-corrected chi connectivity index (χ1v) is 10.6. The minimum atomic E-state index is -0.861. The lowest BCUT2D eigenvalue weighted by molar-refractivity contribution is 0.0647. The van der Waals surface area contributed by atoms with E-state index in [1.165, 1.54) is 6.07 Å². The molecule has 0 saturated heterocycles. The zero-order valence-corrected chi connectivity index (χ0v) is 17.6. The third-order valence-electron chi connectivity index (χ3n) is 5.86. The quantitative estimate of drug-likeness (QED) is 0.437. The summed E-state index contributed by atoms with van der Waals surface area (Å²) in [5, 5.41) is 8.61. The second-order valence-electron chi connectivity index (χ2n) is 7.88. The first-order valence-electron chi connectivity index (χ1n) is 10.6. The lowest BCUT2D eigenvalue weighted by Gasteiger charge is -2.33. The second kappa shape index (κ2) is 7.84. The summed E-state index contributed by atoms with van der Waals surface area (Å²) in [5.41, 5.74) is 2.95. The molecule has 8 nitrogen and oxygen atoms in total. The van der Waals surface area contributed by atoms with Gasteiger partial charge in [0.05, 0.1) is 28.8 Å². The number of hydrogen-bond donors (Lipinski definition) is 1. The minimum Gasteiger partial charge on any atom is -0.412 e. The summed E-state index contributed by atoms with van der Waals surface area (Å²) < 4.78 is 32.9. The topological polar surface area (TPSA) is 101 Å². The number of hydrogen-bond acceptors (Lipinski definition) is 6. The van der Waals surface area contributed by atoms with Crippen molar-refractivity contribution >= 4 is 16.8 Å². The van der Waals surface area contributed by atoms with Gasteiger partial charge in [-0.1, -0.05) is 24.3 Å². The van der Waals surface area contributed by atoms with Crippen molar-refractivity contribution < 1.29 is 18.0 Å². The fourth-order valence-electron chi connectivity index (χ4n) is 4.23. The maximum absolute atomic E-state index is 14.2. The summed E-state index contributed by atoms with van der Waals surface area (Å²) in [7, 11) is 0. The van der Waals surface area contributed by atoms with Gasteiger partial charge in [-0.25, -0.2) is 13.8 Å². The Morgan fingerprint density at radius 2 is 1.97 bits per heavy atom. The first kappa shape index (κ1) is 20.2. The van der Waals surface area contributed by atoms with E-state index in [9.17, 15) is 13.6 Å². The summed E-state index contributed by atoms with van der Waals surface area (Å²) in [6.45, 7) is 0.357. The highest BCUT2D eigenvalue weighted by molar-refractivity contribution is 5.90. The molecule has 1 atom stereocenters. The molecule has 3 aromatic heterocycles. The van der Waals surface area contributed by atoms with Gasteiger partial charge in [0.1, 0.15) is 17.7 Å². The molecular formula is C24H16F2N6O2. The zero-order valence-electron chi connectivity index (χ0n) is 17.6. The van der Waals surface area contributed by atoms with Crippen LogP contribution in [0.2, 0.25) is 0 Å². The van der Waals surface area contributed by atoms with Crippen molar-refractivity contribution in [2.45, 2.75) is 12.5 Å². The first-order chi connectivity index (χ1) is 16.6. The van der Waals surface area contributed by atoms with Crippen molar-refractivity contribution in [1.82, 2.24) is 30.0 Å². The van der Waals surface area contributed by atoms with Crippen molar-refractivity contribution in [2.75, 3.05) is 6.54 Å². The van der Waals surface area contributed by atoms with Crippen LogP contribution >= 0.6 is 0 Å². The highest BCUT2D eigenvalue weighted by Gasteiger charge is 2.37. The number of aromatic amines is 1. The van der Waals surface area contributed by atoms with Crippen LogP contribution in [0.5, 0.6) is 0 Å². The van der Waals surface area contributed by atoms with Gasteiger partial charge in [0.15, 0.2) is 0 Å². The Bertz CT molecular complexity index is 1550. The van der Waals surface area contributed by atoms with Crippen LogP contribution in [0.25, 0.3) is 22.4 Å². The molecule has 1 aliphatic rings. The van der Waals surface area contributed by atoms with Gasteiger partial charge in [-0.05, 0) is 24.3 Å². The molecule has 1 amide bonds. The SMILES string of the molecule is O=C(c1nnc(-c2ccc(F)cc2F)o1)N1CCc2[nH]cnc2[C@@H]1c1ccc2ccccc2n1. The maximum Gasteiger partial charge on any atom is 0.312 e. The lowest BCUT2D eigenvalue weighted by Crippen LogP contribution is -2.41. The number of pyridine rings is 1. The van der Waals surface area contributed by atoms with Crippen molar-refractivity contribution in [3.63, 3.8) is 0 Å². The van der Waals surface area contributed by atoms with Crippen LogP contribution in [0.4, 0.5) is 8.78 Å². The molecule has 2 aromatic carbocycles. The number of halogens is 2. The van der Waals surface area contributed by atoms with E-state index in [-0.39, 0.29) is 17.3 Å². The van der Waals surface area contributed by atoms with Crippen LogP contribution in [0.3, 0.4) is 0 Å². The Kier molecular flexibility index (Phi) is 4.65. The standard InChI is InChI=1S/C24H16F2N6O2/c25-14-6-7-15(16(26)11-14)22-30-31-23(34-22)24(33)32-10-9-18-20(28-12-27-18)21(32)19-8-5-13-3-1-2-4-17(13)29-19/h1-8,11-12,21H,9-10H2,(H,27,28)/t21-/m0/s1. The van der Waals surface area contributed by atoms with E-state index in [1.807, 2.05) is 36.4 Å². The van der Waals surface area contributed by atoms with Crippen LogP contribution in [-0.2, 0) is 6.42 Å².